The van der Waals surface area contributed by atoms with E-state index in [1.54, 1.807) is 24.5 Å². The van der Waals surface area contributed by atoms with Gasteiger partial charge in [0.2, 0.25) is 0 Å². The fourth-order valence-corrected chi connectivity index (χ4v) is 1.87. The first-order valence-corrected chi connectivity index (χ1v) is 6.36. The minimum Gasteiger partial charge on any atom is -0.260 e. The third kappa shape index (κ3) is 3.01. The van der Waals surface area contributed by atoms with Crippen LogP contribution in [0.15, 0.2) is 59.8 Å². The van der Waals surface area contributed by atoms with E-state index < -0.39 is 0 Å². The molecule has 0 fully saturated rings. The SMILES string of the molecule is N#Cc1cccc(/C=N/Nc2cnc3ccccc3n2)c1. The van der Waals surface area contributed by atoms with Gasteiger partial charge in [-0.2, -0.15) is 10.4 Å². The first kappa shape index (κ1) is 12.8. The summed E-state index contributed by atoms with van der Waals surface area (Å²) in [4.78, 5) is 8.69. The number of rotatable bonds is 3. The Morgan fingerprint density at radius 2 is 1.95 bits per heavy atom. The zero-order valence-corrected chi connectivity index (χ0v) is 11.1. The number of para-hydroxylation sites is 2. The van der Waals surface area contributed by atoms with Crippen LogP contribution in [-0.2, 0) is 0 Å². The molecule has 0 atom stereocenters. The van der Waals surface area contributed by atoms with Crippen LogP contribution in [0.1, 0.15) is 11.1 Å². The van der Waals surface area contributed by atoms with E-state index in [1.807, 2.05) is 36.4 Å². The maximum atomic E-state index is 8.84. The van der Waals surface area contributed by atoms with Gasteiger partial charge in [-0.1, -0.05) is 24.3 Å². The Bertz CT molecular complexity index is 848. The summed E-state index contributed by atoms with van der Waals surface area (Å²) in [6, 6.07) is 16.9. The summed E-state index contributed by atoms with van der Waals surface area (Å²) >= 11 is 0. The molecular formula is C16H11N5. The Kier molecular flexibility index (Phi) is 3.52. The molecule has 100 valence electrons. The maximum Gasteiger partial charge on any atom is 0.165 e. The van der Waals surface area contributed by atoms with Gasteiger partial charge in [-0.25, -0.2) is 4.98 Å². The first-order chi connectivity index (χ1) is 10.3. The van der Waals surface area contributed by atoms with Gasteiger partial charge >= 0.3 is 0 Å². The molecule has 0 aliphatic carbocycles. The molecule has 0 bridgehead atoms. The molecule has 1 aromatic heterocycles. The monoisotopic (exact) mass is 273 g/mol. The highest BCUT2D eigenvalue weighted by molar-refractivity contribution is 5.81. The Labute approximate surface area is 121 Å². The summed E-state index contributed by atoms with van der Waals surface area (Å²) in [7, 11) is 0. The van der Waals surface area contributed by atoms with E-state index in [4.69, 9.17) is 5.26 Å². The molecular weight excluding hydrogens is 262 g/mol. The van der Waals surface area contributed by atoms with Gasteiger partial charge in [-0.15, -0.1) is 0 Å². The van der Waals surface area contributed by atoms with E-state index >= 15 is 0 Å². The second-order valence-electron chi connectivity index (χ2n) is 4.35. The van der Waals surface area contributed by atoms with E-state index in [9.17, 15) is 0 Å². The van der Waals surface area contributed by atoms with Crippen LogP contribution in [0.2, 0.25) is 0 Å². The Morgan fingerprint density at radius 3 is 2.81 bits per heavy atom. The Hall–Kier alpha value is -3.26. The third-order valence-corrected chi connectivity index (χ3v) is 2.86. The summed E-state index contributed by atoms with van der Waals surface area (Å²) in [5.41, 5.74) is 5.93. The lowest BCUT2D eigenvalue weighted by molar-refractivity contribution is 1.22. The van der Waals surface area contributed by atoms with E-state index in [0.29, 0.717) is 11.4 Å². The number of hydrazone groups is 1. The number of nitrogens with zero attached hydrogens (tertiary/aromatic N) is 4. The topological polar surface area (TPSA) is 74.0 Å². The normalized spacial score (nSPS) is 10.6. The van der Waals surface area contributed by atoms with E-state index in [1.165, 1.54) is 0 Å². The van der Waals surface area contributed by atoms with Gasteiger partial charge in [0, 0.05) is 0 Å². The Morgan fingerprint density at radius 1 is 1.10 bits per heavy atom. The fourth-order valence-electron chi connectivity index (χ4n) is 1.87. The molecule has 1 N–H and O–H groups in total. The van der Waals surface area contributed by atoms with Crippen molar-refractivity contribution in [2.45, 2.75) is 0 Å². The maximum absolute atomic E-state index is 8.84. The van der Waals surface area contributed by atoms with Crippen molar-refractivity contribution in [1.82, 2.24) is 9.97 Å². The molecule has 1 heterocycles. The van der Waals surface area contributed by atoms with Crippen molar-refractivity contribution in [3.05, 3.63) is 65.9 Å². The second kappa shape index (κ2) is 5.80. The van der Waals surface area contributed by atoms with Gasteiger partial charge in [0.1, 0.15) is 0 Å². The summed E-state index contributed by atoms with van der Waals surface area (Å²) < 4.78 is 0. The molecule has 0 aliphatic heterocycles. The molecule has 0 spiro atoms. The standard InChI is InChI=1S/C16H11N5/c17-9-12-4-3-5-13(8-12)10-19-21-16-11-18-14-6-1-2-7-15(14)20-16/h1-8,10-11H,(H,20,21)/b19-10+. The molecule has 0 aliphatic rings. The van der Waals surface area contributed by atoms with Gasteiger partial charge < -0.3 is 0 Å². The van der Waals surface area contributed by atoms with Crippen LogP contribution in [0.4, 0.5) is 5.82 Å². The van der Waals surface area contributed by atoms with Gasteiger partial charge in [-0.3, -0.25) is 10.4 Å². The highest BCUT2D eigenvalue weighted by Gasteiger charge is 1.97. The van der Waals surface area contributed by atoms with Crippen molar-refractivity contribution in [3.63, 3.8) is 0 Å². The number of anilines is 1. The number of hydrogen-bond acceptors (Lipinski definition) is 5. The van der Waals surface area contributed by atoms with Gasteiger partial charge in [-0.05, 0) is 29.8 Å². The zero-order chi connectivity index (χ0) is 14.5. The number of aromatic nitrogens is 2. The number of hydrogen-bond donors (Lipinski definition) is 1. The van der Waals surface area contributed by atoms with Crippen LogP contribution in [0.5, 0.6) is 0 Å². The van der Waals surface area contributed by atoms with Crippen LogP contribution in [0.3, 0.4) is 0 Å². The molecule has 2 aromatic carbocycles. The minimum absolute atomic E-state index is 0.571. The predicted molar refractivity (Wildman–Crippen MR) is 81.9 cm³/mol. The van der Waals surface area contributed by atoms with Gasteiger partial charge in [0.15, 0.2) is 5.82 Å². The molecule has 5 heteroatoms. The van der Waals surface area contributed by atoms with E-state index in [0.717, 1.165) is 16.6 Å². The number of fused-ring (bicyclic) bond motifs is 1. The van der Waals surface area contributed by atoms with Gasteiger partial charge in [0.25, 0.3) is 0 Å². The van der Waals surface area contributed by atoms with Crippen molar-refractivity contribution in [1.29, 1.82) is 5.26 Å². The first-order valence-electron chi connectivity index (χ1n) is 6.36. The van der Waals surface area contributed by atoms with Gasteiger partial charge in [0.05, 0.1) is 35.1 Å². The Balaban J connectivity index is 1.76. The lowest BCUT2D eigenvalue weighted by atomic mass is 10.1. The number of benzene rings is 2. The summed E-state index contributed by atoms with van der Waals surface area (Å²) in [6.07, 6.45) is 3.27. The van der Waals surface area contributed by atoms with Crippen molar-refractivity contribution >= 4 is 23.1 Å². The highest BCUT2D eigenvalue weighted by atomic mass is 15.3. The molecule has 0 saturated carbocycles. The summed E-state index contributed by atoms with van der Waals surface area (Å²) in [5.74, 6) is 0.571. The number of nitriles is 1. The highest BCUT2D eigenvalue weighted by Crippen LogP contribution is 2.11. The molecule has 3 rings (SSSR count). The average Bonchev–Trinajstić information content (AvgIpc) is 2.55. The van der Waals surface area contributed by atoms with Crippen LogP contribution < -0.4 is 5.43 Å². The number of nitrogens with one attached hydrogen (secondary N) is 1. The van der Waals surface area contributed by atoms with Crippen LogP contribution >= 0.6 is 0 Å². The van der Waals surface area contributed by atoms with Crippen LogP contribution in [-0.4, -0.2) is 16.2 Å². The molecule has 0 radical (unpaired) electrons. The summed E-state index contributed by atoms with van der Waals surface area (Å²) in [6.45, 7) is 0. The lowest BCUT2D eigenvalue weighted by Crippen LogP contribution is -1.95. The van der Waals surface area contributed by atoms with Crippen molar-refractivity contribution in [2.75, 3.05) is 5.43 Å². The fraction of sp³-hybridized carbons (Fsp3) is 0. The minimum atomic E-state index is 0.571. The quantitative estimate of drug-likeness (QED) is 0.588. The largest absolute Gasteiger partial charge is 0.260 e. The molecule has 0 saturated heterocycles. The molecule has 0 unspecified atom stereocenters. The third-order valence-electron chi connectivity index (χ3n) is 2.86. The van der Waals surface area contributed by atoms with Crippen molar-refractivity contribution in [3.8, 4) is 6.07 Å². The average molecular weight is 273 g/mol. The molecule has 0 amide bonds. The van der Waals surface area contributed by atoms with Crippen molar-refractivity contribution in [2.24, 2.45) is 5.10 Å². The van der Waals surface area contributed by atoms with Crippen molar-refractivity contribution < 1.29 is 0 Å². The predicted octanol–water partition coefficient (Wildman–Crippen LogP) is 2.95. The van der Waals surface area contributed by atoms with Crippen LogP contribution in [0, 0.1) is 11.3 Å². The van der Waals surface area contributed by atoms with Crippen LogP contribution in [0.25, 0.3) is 11.0 Å². The molecule has 21 heavy (non-hydrogen) atoms. The summed E-state index contributed by atoms with van der Waals surface area (Å²) in [5, 5.41) is 12.9. The smallest absolute Gasteiger partial charge is 0.165 e. The second-order valence-corrected chi connectivity index (χ2v) is 4.35. The molecule has 5 nitrogen and oxygen atoms in total. The van der Waals surface area contributed by atoms with E-state index in [-0.39, 0.29) is 0 Å². The molecule has 3 aromatic rings. The zero-order valence-electron chi connectivity index (χ0n) is 11.1. The lowest BCUT2D eigenvalue weighted by Gasteiger charge is -2.01. The van der Waals surface area contributed by atoms with E-state index in [2.05, 4.69) is 26.6 Å².